The van der Waals surface area contributed by atoms with Crippen molar-refractivity contribution in [1.82, 2.24) is 0 Å². The summed E-state index contributed by atoms with van der Waals surface area (Å²) in [6.07, 6.45) is 2.25. The second-order valence-electron chi connectivity index (χ2n) is 7.63. The van der Waals surface area contributed by atoms with Crippen LogP contribution in [-0.4, -0.2) is 30.3 Å². The number of anilines is 1. The van der Waals surface area contributed by atoms with Crippen molar-refractivity contribution in [2.24, 2.45) is 0 Å². The molecule has 31 heavy (non-hydrogen) atoms. The fourth-order valence-corrected chi connectivity index (χ4v) is 3.77. The molecule has 0 spiro atoms. The molecule has 0 N–H and O–H groups in total. The van der Waals surface area contributed by atoms with Crippen LogP contribution in [-0.2, 0) is 27.2 Å². The van der Waals surface area contributed by atoms with E-state index in [2.05, 4.69) is 0 Å². The number of ketones is 1. The summed E-state index contributed by atoms with van der Waals surface area (Å²) in [6.45, 7) is 1.71. The van der Waals surface area contributed by atoms with E-state index in [9.17, 15) is 14.4 Å². The van der Waals surface area contributed by atoms with Gasteiger partial charge in [-0.05, 0) is 55.5 Å². The van der Waals surface area contributed by atoms with Crippen LogP contribution in [0, 0.1) is 11.3 Å². The van der Waals surface area contributed by atoms with Gasteiger partial charge in [-0.25, -0.2) is 0 Å². The van der Waals surface area contributed by atoms with E-state index < -0.39 is 18.0 Å². The Balaban J connectivity index is 1.54. The Kier molecular flexibility index (Phi) is 7.55. The average molecular weight is 418 g/mol. The number of ether oxygens (including phenoxy) is 1. The van der Waals surface area contributed by atoms with Gasteiger partial charge in [-0.1, -0.05) is 30.3 Å². The molecule has 0 aliphatic heterocycles. The van der Waals surface area contributed by atoms with Crippen LogP contribution in [0.15, 0.2) is 48.5 Å². The standard InChI is InChI=1S/C25H26N2O4/c1-18(25(30)27(16-6-15-26)22-9-3-2-4-10-22)31-24(29)14-13-23(28)21-12-11-19-7-5-8-20(19)17-21/h2-4,9-12,17-18H,5-8,13-14,16H2,1H3. The van der Waals surface area contributed by atoms with E-state index in [0.29, 0.717) is 11.3 Å². The topological polar surface area (TPSA) is 87.5 Å². The first-order valence-corrected chi connectivity index (χ1v) is 10.6. The van der Waals surface area contributed by atoms with Crippen molar-refractivity contribution in [2.45, 2.75) is 51.6 Å². The summed E-state index contributed by atoms with van der Waals surface area (Å²) in [5, 5.41) is 8.89. The number of aryl methyl sites for hydroxylation is 2. The number of hydrogen-bond donors (Lipinski definition) is 0. The molecule has 6 heteroatoms. The lowest BCUT2D eigenvalue weighted by molar-refractivity contribution is -0.153. The lowest BCUT2D eigenvalue weighted by atomic mass is 10.0. The minimum atomic E-state index is -1.01. The van der Waals surface area contributed by atoms with Gasteiger partial charge in [0.1, 0.15) is 0 Å². The normalized spacial score (nSPS) is 13.0. The highest BCUT2D eigenvalue weighted by Crippen LogP contribution is 2.23. The van der Waals surface area contributed by atoms with Crippen LogP contribution in [0.3, 0.4) is 0 Å². The number of rotatable bonds is 9. The Morgan fingerprint density at radius 2 is 1.81 bits per heavy atom. The zero-order valence-electron chi connectivity index (χ0n) is 17.7. The van der Waals surface area contributed by atoms with Crippen molar-refractivity contribution in [3.05, 3.63) is 65.2 Å². The molecule has 3 rings (SSSR count). The molecular weight excluding hydrogens is 392 g/mol. The third-order valence-electron chi connectivity index (χ3n) is 5.41. The molecule has 0 heterocycles. The van der Waals surface area contributed by atoms with E-state index in [0.717, 1.165) is 19.3 Å². The molecule has 0 saturated carbocycles. The summed E-state index contributed by atoms with van der Waals surface area (Å²) < 4.78 is 5.29. The summed E-state index contributed by atoms with van der Waals surface area (Å²) in [5.74, 6) is -1.10. The number of hydrogen-bond acceptors (Lipinski definition) is 5. The summed E-state index contributed by atoms with van der Waals surface area (Å²) in [6, 6.07) is 16.7. The second-order valence-corrected chi connectivity index (χ2v) is 7.63. The number of carbonyl (C=O) groups excluding carboxylic acids is 3. The number of nitrogens with zero attached hydrogens (tertiary/aromatic N) is 2. The van der Waals surface area contributed by atoms with Crippen LogP contribution in [0.25, 0.3) is 0 Å². The fourth-order valence-electron chi connectivity index (χ4n) is 3.77. The van der Waals surface area contributed by atoms with Crippen LogP contribution in [0.4, 0.5) is 5.69 Å². The van der Waals surface area contributed by atoms with Crippen molar-refractivity contribution in [3.8, 4) is 6.07 Å². The predicted octanol–water partition coefficient (Wildman–Crippen LogP) is 4.02. The molecule has 2 aromatic rings. The molecule has 2 aromatic carbocycles. The number of nitriles is 1. The van der Waals surface area contributed by atoms with E-state index in [1.54, 1.807) is 24.3 Å². The summed E-state index contributed by atoms with van der Waals surface area (Å²) >= 11 is 0. The van der Waals surface area contributed by atoms with E-state index in [1.165, 1.54) is 23.0 Å². The van der Waals surface area contributed by atoms with Crippen LogP contribution in [0.2, 0.25) is 0 Å². The third kappa shape index (κ3) is 5.79. The van der Waals surface area contributed by atoms with Gasteiger partial charge in [0.25, 0.3) is 5.91 Å². The number of benzene rings is 2. The van der Waals surface area contributed by atoms with Crippen molar-refractivity contribution in [2.75, 3.05) is 11.4 Å². The van der Waals surface area contributed by atoms with Gasteiger partial charge in [0.2, 0.25) is 0 Å². The van der Waals surface area contributed by atoms with Crippen molar-refractivity contribution in [3.63, 3.8) is 0 Å². The minimum Gasteiger partial charge on any atom is -0.453 e. The lowest BCUT2D eigenvalue weighted by Crippen LogP contribution is -2.40. The fraction of sp³-hybridized carbons (Fsp3) is 0.360. The molecule has 1 atom stereocenters. The maximum absolute atomic E-state index is 12.8. The van der Waals surface area contributed by atoms with Gasteiger partial charge in [0.05, 0.1) is 18.9 Å². The molecule has 0 saturated heterocycles. The first-order valence-electron chi connectivity index (χ1n) is 10.6. The molecular formula is C25H26N2O4. The van der Waals surface area contributed by atoms with Crippen molar-refractivity contribution in [1.29, 1.82) is 5.26 Å². The molecule has 0 fully saturated rings. The van der Waals surface area contributed by atoms with Crippen LogP contribution in [0.5, 0.6) is 0 Å². The summed E-state index contributed by atoms with van der Waals surface area (Å²) in [5.41, 5.74) is 3.76. The average Bonchev–Trinajstić information content (AvgIpc) is 3.26. The molecule has 1 aliphatic carbocycles. The Bertz CT molecular complexity index is 994. The SMILES string of the molecule is CC(OC(=O)CCC(=O)c1ccc2c(c1)CCC2)C(=O)N(CCC#N)c1ccccc1. The van der Waals surface area contributed by atoms with Gasteiger partial charge in [0, 0.05) is 24.2 Å². The van der Waals surface area contributed by atoms with Crippen LogP contribution in [0.1, 0.15) is 54.1 Å². The predicted molar refractivity (Wildman–Crippen MR) is 117 cm³/mol. The summed E-state index contributed by atoms with van der Waals surface area (Å²) in [4.78, 5) is 39.0. The third-order valence-corrected chi connectivity index (χ3v) is 5.41. The zero-order valence-corrected chi connectivity index (χ0v) is 17.7. The number of carbonyl (C=O) groups is 3. The Morgan fingerprint density at radius 1 is 1.06 bits per heavy atom. The lowest BCUT2D eigenvalue weighted by Gasteiger charge is -2.25. The molecule has 0 aromatic heterocycles. The minimum absolute atomic E-state index is 0.0371. The number of para-hydroxylation sites is 1. The maximum atomic E-state index is 12.8. The zero-order chi connectivity index (χ0) is 22.2. The smallest absolute Gasteiger partial charge is 0.307 e. The van der Waals surface area contributed by atoms with Gasteiger partial charge >= 0.3 is 5.97 Å². The molecule has 0 radical (unpaired) electrons. The molecule has 6 nitrogen and oxygen atoms in total. The monoisotopic (exact) mass is 418 g/mol. The van der Waals surface area contributed by atoms with Gasteiger partial charge in [-0.2, -0.15) is 5.26 Å². The highest BCUT2D eigenvalue weighted by atomic mass is 16.5. The van der Waals surface area contributed by atoms with E-state index in [1.807, 2.05) is 30.3 Å². The Hall–Kier alpha value is -3.46. The highest BCUT2D eigenvalue weighted by Gasteiger charge is 2.25. The second kappa shape index (κ2) is 10.5. The van der Waals surface area contributed by atoms with Crippen LogP contribution < -0.4 is 4.90 Å². The van der Waals surface area contributed by atoms with Gasteiger partial charge in [0.15, 0.2) is 11.9 Å². The molecule has 1 unspecified atom stereocenters. The highest BCUT2D eigenvalue weighted by molar-refractivity contribution is 5.99. The quantitative estimate of drug-likeness (QED) is 0.453. The number of esters is 1. The Morgan fingerprint density at radius 3 is 2.55 bits per heavy atom. The maximum Gasteiger partial charge on any atom is 0.307 e. The van der Waals surface area contributed by atoms with Gasteiger partial charge in [-0.15, -0.1) is 0 Å². The number of amides is 1. The number of Topliss-reactive ketones (excluding diaryl/α,β-unsaturated/α-hetero) is 1. The van der Waals surface area contributed by atoms with E-state index in [-0.39, 0.29) is 31.6 Å². The molecule has 0 bridgehead atoms. The summed E-state index contributed by atoms with van der Waals surface area (Å²) in [7, 11) is 0. The van der Waals surface area contributed by atoms with Crippen LogP contribution >= 0.6 is 0 Å². The number of fused-ring (bicyclic) bond motifs is 1. The molecule has 1 amide bonds. The molecule has 1 aliphatic rings. The van der Waals surface area contributed by atoms with Crippen molar-refractivity contribution < 1.29 is 19.1 Å². The first-order chi connectivity index (χ1) is 15.0. The van der Waals surface area contributed by atoms with E-state index >= 15 is 0 Å². The first kappa shape index (κ1) is 22.2. The Labute approximate surface area is 182 Å². The van der Waals surface area contributed by atoms with E-state index in [4.69, 9.17) is 10.00 Å². The van der Waals surface area contributed by atoms with Crippen molar-refractivity contribution >= 4 is 23.3 Å². The molecule has 160 valence electrons. The van der Waals surface area contributed by atoms with Gasteiger partial charge < -0.3 is 9.64 Å². The van der Waals surface area contributed by atoms with Gasteiger partial charge in [-0.3, -0.25) is 14.4 Å². The largest absolute Gasteiger partial charge is 0.453 e.